The maximum atomic E-state index is 12.3. The summed E-state index contributed by atoms with van der Waals surface area (Å²) in [4.78, 5) is 0. The summed E-state index contributed by atoms with van der Waals surface area (Å²) in [6, 6.07) is 0. The highest BCUT2D eigenvalue weighted by molar-refractivity contribution is 5.27. The Hall–Kier alpha value is -1.02. The maximum Gasteiger partial charge on any atom is 0.187 e. The molecule has 0 aromatic carbocycles. The average Bonchev–Trinajstić information content (AvgIpc) is 3.73. The Morgan fingerprint density at radius 2 is 1.34 bits per heavy atom. The summed E-state index contributed by atoms with van der Waals surface area (Å²) >= 11 is 0. The van der Waals surface area contributed by atoms with Crippen LogP contribution in [0.15, 0.2) is 11.6 Å². The zero-order valence-electron chi connectivity index (χ0n) is 37.2. The Morgan fingerprint density at radius 1 is 0.688 bits per heavy atom. The molecular weight excluding hydrogens is 842 g/mol. The molecule has 366 valence electrons. The Balaban J connectivity index is 0.945. The summed E-state index contributed by atoms with van der Waals surface area (Å²) in [6.07, 6.45) is -16.3. The number of ether oxygens (including phenoxy) is 7. The first-order chi connectivity index (χ1) is 30.4. The van der Waals surface area contributed by atoms with E-state index in [2.05, 4.69) is 32.2 Å². The SMILES string of the molecule is C[C@@H]1O[C@@H](O[C@H]2[C@H](O[C@H]3CC[C@@]4(C)C(=CCC5C6C[C@@H]7O[C@]8(CC[C@@H](CO)CN8)[C@@H](C)C7[C@@]6(C)[C@H](O)CC54)C3)O[C@H](CO)[C@@H](O)[C@@H]2O[C@@H]2O[C@H](CO)[C@H](O)[C@H](O)[C@H]2O)[C@H](O)[C@H](O)[C@H]1O. The molecule has 3 saturated carbocycles. The average molecular weight is 916 g/mol. The van der Waals surface area contributed by atoms with Crippen molar-refractivity contribution in [3.63, 3.8) is 0 Å². The van der Waals surface area contributed by atoms with Crippen molar-refractivity contribution < 1.29 is 89.3 Å². The lowest BCUT2D eigenvalue weighted by Gasteiger charge is -2.60. The Labute approximate surface area is 373 Å². The predicted octanol–water partition coefficient (Wildman–Crippen LogP) is -2.27. The number of rotatable bonds is 9. The van der Waals surface area contributed by atoms with Crippen LogP contribution in [0.2, 0.25) is 0 Å². The number of fused-ring (bicyclic) bond motifs is 7. The quantitative estimate of drug-likeness (QED) is 0.109. The number of hydrogen-bond donors (Lipinski definition) is 12. The minimum Gasteiger partial charge on any atom is -0.396 e. The topological polar surface area (TPSA) is 299 Å². The van der Waals surface area contributed by atoms with Crippen LogP contribution >= 0.6 is 0 Å². The van der Waals surface area contributed by atoms with Gasteiger partial charge in [0.2, 0.25) is 0 Å². The summed E-state index contributed by atoms with van der Waals surface area (Å²) in [5.74, 6) is 1.45. The van der Waals surface area contributed by atoms with Gasteiger partial charge in [0.05, 0.1) is 37.6 Å². The van der Waals surface area contributed by atoms with E-state index >= 15 is 0 Å². The van der Waals surface area contributed by atoms with Crippen LogP contribution in [0.5, 0.6) is 0 Å². The van der Waals surface area contributed by atoms with Gasteiger partial charge in [-0.1, -0.05) is 32.4 Å². The molecule has 4 aliphatic carbocycles. The van der Waals surface area contributed by atoms with E-state index in [1.807, 2.05) is 0 Å². The second-order valence-electron chi connectivity index (χ2n) is 21.2. The molecule has 0 aromatic heterocycles. The van der Waals surface area contributed by atoms with Gasteiger partial charge in [0.25, 0.3) is 0 Å². The van der Waals surface area contributed by atoms with Gasteiger partial charge in [-0.15, -0.1) is 0 Å². The fourth-order valence-electron chi connectivity index (χ4n) is 14.2. The van der Waals surface area contributed by atoms with E-state index in [1.54, 1.807) is 0 Å². The van der Waals surface area contributed by atoms with Gasteiger partial charge in [0.1, 0.15) is 72.9 Å². The number of nitrogens with one attached hydrogen (secondary N) is 1. The fourth-order valence-corrected chi connectivity index (χ4v) is 14.2. The van der Waals surface area contributed by atoms with Crippen LogP contribution in [0.3, 0.4) is 0 Å². The highest BCUT2D eigenvalue weighted by atomic mass is 16.8. The molecule has 0 aromatic rings. The van der Waals surface area contributed by atoms with E-state index in [9.17, 15) is 56.2 Å². The highest BCUT2D eigenvalue weighted by Gasteiger charge is 2.71. The van der Waals surface area contributed by atoms with Gasteiger partial charge in [-0.25, -0.2) is 0 Å². The minimum absolute atomic E-state index is 0.0380. The molecule has 8 fully saturated rings. The van der Waals surface area contributed by atoms with Crippen molar-refractivity contribution in [2.45, 2.75) is 195 Å². The highest BCUT2D eigenvalue weighted by Crippen LogP contribution is 2.70. The van der Waals surface area contributed by atoms with Gasteiger partial charge in [-0.05, 0) is 93.3 Å². The van der Waals surface area contributed by atoms with Crippen molar-refractivity contribution in [3.8, 4) is 0 Å². The monoisotopic (exact) mass is 915 g/mol. The molecule has 4 unspecified atom stereocenters. The Morgan fingerprint density at radius 3 is 2.02 bits per heavy atom. The summed E-state index contributed by atoms with van der Waals surface area (Å²) in [6.45, 7) is 7.76. The lowest BCUT2D eigenvalue weighted by Crippen LogP contribution is -2.67. The van der Waals surface area contributed by atoms with Crippen LogP contribution in [0, 0.1) is 46.3 Å². The van der Waals surface area contributed by atoms with Gasteiger partial charge >= 0.3 is 0 Å². The number of aliphatic hydroxyl groups excluding tert-OH is 11. The van der Waals surface area contributed by atoms with Crippen molar-refractivity contribution >= 4 is 0 Å². The van der Waals surface area contributed by atoms with Crippen LogP contribution in [0.4, 0.5) is 0 Å². The molecule has 9 rings (SSSR count). The van der Waals surface area contributed by atoms with Crippen molar-refractivity contribution in [2.24, 2.45) is 46.3 Å². The van der Waals surface area contributed by atoms with Gasteiger partial charge in [-0.2, -0.15) is 0 Å². The van der Waals surface area contributed by atoms with E-state index in [4.69, 9.17) is 33.2 Å². The molecule has 1 spiro atoms. The summed E-state index contributed by atoms with van der Waals surface area (Å²) in [5.41, 5.74) is 0.207. The zero-order chi connectivity index (χ0) is 45.8. The number of hydrogen-bond acceptors (Lipinski definition) is 19. The first-order valence-corrected chi connectivity index (χ1v) is 23.7. The third-order valence-electron chi connectivity index (χ3n) is 18.1. The minimum atomic E-state index is -1.87. The van der Waals surface area contributed by atoms with Crippen LogP contribution in [-0.4, -0.2) is 199 Å². The predicted molar refractivity (Wildman–Crippen MR) is 219 cm³/mol. The smallest absolute Gasteiger partial charge is 0.187 e. The van der Waals surface area contributed by atoms with Crippen molar-refractivity contribution in [1.29, 1.82) is 0 Å². The van der Waals surface area contributed by atoms with Crippen LogP contribution in [0.1, 0.15) is 79.1 Å². The van der Waals surface area contributed by atoms with Crippen LogP contribution in [-0.2, 0) is 33.2 Å². The van der Waals surface area contributed by atoms with E-state index in [-0.39, 0.29) is 53.1 Å². The molecule has 0 amide bonds. The molecule has 9 aliphatic rings. The van der Waals surface area contributed by atoms with Gasteiger partial charge in [0, 0.05) is 24.5 Å². The molecule has 0 bridgehead atoms. The summed E-state index contributed by atoms with van der Waals surface area (Å²) < 4.78 is 43.6. The van der Waals surface area contributed by atoms with Crippen molar-refractivity contribution in [1.82, 2.24) is 5.32 Å². The van der Waals surface area contributed by atoms with Gasteiger partial charge < -0.3 is 89.3 Å². The van der Waals surface area contributed by atoms with Crippen molar-refractivity contribution in [3.05, 3.63) is 11.6 Å². The lowest BCUT2D eigenvalue weighted by molar-refractivity contribution is -0.394. The van der Waals surface area contributed by atoms with Crippen LogP contribution < -0.4 is 5.32 Å². The second kappa shape index (κ2) is 18.1. The Kier molecular flexibility index (Phi) is 13.5. The van der Waals surface area contributed by atoms with Gasteiger partial charge in [0.15, 0.2) is 18.9 Å². The third-order valence-corrected chi connectivity index (χ3v) is 18.1. The van der Waals surface area contributed by atoms with E-state index in [0.29, 0.717) is 25.2 Å². The second-order valence-corrected chi connectivity index (χ2v) is 21.2. The largest absolute Gasteiger partial charge is 0.396 e. The molecule has 5 heterocycles. The zero-order valence-corrected chi connectivity index (χ0v) is 37.2. The lowest BCUT2D eigenvalue weighted by atomic mass is 9.46. The molecule has 64 heavy (non-hydrogen) atoms. The summed E-state index contributed by atoms with van der Waals surface area (Å²) in [7, 11) is 0. The van der Waals surface area contributed by atoms with Crippen molar-refractivity contribution in [2.75, 3.05) is 26.4 Å². The van der Waals surface area contributed by atoms with Crippen LogP contribution in [0.25, 0.3) is 0 Å². The van der Waals surface area contributed by atoms with Gasteiger partial charge in [-0.3, -0.25) is 5.32 Å². The maximum absolute atomic E-state index is 12.3. The van der Waals surface area contributed by atoms with E-state index in [1.165, 1.54) is 12.5 Å². The number of allylic oxidation sites excluding steroid dienone is 1. The molecule has 5 saturated heterocycles. The molecule has 12 N–H and O–H groups in total. The molecule has 19 nitrogen and oxygen atoms in total. The standard InChI is InChI=1S/C45H73NO18/c1-18-30-26(64-45(18)10-7-20(15-47)14-46-45)12-25-23-6-5-21-11-22(8-9-43(21,3)24(23)13-29(50)44(25,30)4)59-42-39(63-40-36(56)34(54)31(51)19(2)58-40)38(33(53)28(17-49)61-42)62-41-37(57)35(55)32(52)27(16-48)60-41/h5,18-20,22-42,46-57H,6-17H2,1-4H3/t18-,19-,20+,22-,23?,24?,25?,26-,27+,28+,29+,30?,31-,32-,33+,34+,35-,36+,37+,38-,39+,40-,41-,42+,43-,44+,45+/m0/s1. The normalized spacial score (nSPS) is 57.4. The molecule has 5 aliphatic heterocycles. The molecule has 0 radical (unpaired) electrons. The first kappa shape index (κ1) is 48.0. The van der Waals surface area contributed by atoms with E-state index < -0.39 is 123 Å². The van der Waals surface area contributed by atoms with E-state index in [0.717, 1.165) is 38.6 Å². The first-order valence-electron chi connectivity index (χ1n) is 23.7. The third kappa shape index (κ3) is 7.68. The molecule has 27 atom stereocenters. The summed E-state index contributed by atoms with van der Waals surface area (Å²) in [5, 5.41) is 122. The number of piperidine rings is 1. The fraction of sp³-hybridized carbons (Fsp3) is 0.956. The molecular formula is C45H73NO18. The molecule has 19 heteroatoms. The number of aliphatic hydroxyl groups is 11. The Bertz CT molecular complexity index is 1670.